The number of esters is 1. The van der Waals surface area contributed by atoms with Gasteiger partial charge in [-0.3, -0.25) is 9.59 Å². The molecule has 7 rings (SSSR count). The van der Waals surface area contributed by atoms with E-state index in [9.17, 15) is 34.8 Å². The fourth-order valence-electron chi connectivity index (χ4n) is 7.50. The van der Waals surface area contributed by atoms with Crippen LogP contribution in [0.25, 0.3) is 6.08 Å². The van der Waals surface area contributed by atoms with E-state index >= 15 is 0 Å². The molecule has 2 saturated heterocycles. The van der Waals surface area contributed by atoms with Gasteiger partial charge in [-0.1, -0.05) is 97.1 Å². The van der Waals surface area contributed by atoms with Gasteiger partial charge < -0.3 is 59.9 Å². The summed E-state index contributed by atoms with van der Waals surface area (Å²) in [4.78, 5) is 40.3. The molecule has 4 aromatic rings. The maximum Gasteiger partial charge on any atom is 0.338 e. The summed E-state index contributed by atoms with van der Waals surface area (Å²) in [6.45, 7) is -0.646. The van der Waals surface area contributed by atoms with Gasteiger partial charge in [-0.15, -0.1) is 0 Å². The lowest BCUT2D eigenvalue weighted by Crippen LogP contribution is -2.59. The lowest BCUT2D eigenvalue weighted by Gasteiger charge is -2.39. The van der Waals surface area contributed by atoms with Crippen LogP contribution in [-0.2, 0) is 40.8 Å². The molecule has 7 N–H and O–H groups in total. The number of hydrogen-bond donors (Lipinski definition) is 7. The van der Waals surface area contributed by atoms with Gasteiger partial charge in [0.05, 0.1) is 25.4 Å². The Bertz CT molecular complexity index is 2160. The molecule has 0 aromatic heterocycles. The normalized spacial score (nSPS) is 25.6. The Labute approximate surface area is 351 Å². The minimum atomic E-state index is -1.57. The van der Waals surface area contributed by atoms with Crippen LogP contribution < -0.4 is 10.6 Å². The molecule has 2 fully saturated rings. The number of nitrogens with one attached hydrogen (secondary N) is 2. The molecule has 61 heavy (non-hydrogen) atoms. The third-order valence-electron chi connectivity index (χ3n) is 10.6. The second-order valence-corrected chi connectivity index (χ2v) is 14.8. The average Bonchev–Trinajstić information content (AvgIpc) is 3.71. The SMILES string of the molecule is O=C(NCc1cccc(C(=O)NCCO)c1)C1=C[C@H]2OC(c3ccccc3)(c3ccccc3)O[C@H]2[C@H](OC(=O)c2cccc(C=CCO[C@H]3O[C@H](CO)[C@H](O)[C@H](O)[C@H]3O)c2)C1. The highest BCUT2D eigenvalue weighted by molar-refractivity contribution is 5.95. The van der Waals surface area contributed by atoms with Crippen LogP contribution in [0, 0.1) is 0 Å². The van der Waals surface area contributed by atoms with Crippen molar-refractivity contribution in [3.05, 3.63) is 160 Å². The van der Waals surface area contributed by atoms with Crippen molar-refractivity contribution in [1.29, 1.82) is 0 Å². The smallest absolute Gasteiger partial charge is 0.338 e. The van der Waals surface area contributed by atoms with Gasteiger partial charge in [0.2, 0.25) is 11.7 Å². The molecule has 1 aliphatic carbocycles. The number of carbonyl (C=O) groups is 3. The van der Waals surface area contributed by atoms with E-state index in [4.69, 9.17) is 28.8 Å². The summed E-state index contributed by atoms with van der Waals surface area (Å²) >= 11 is 0. The summed E-state index contributed by atoms with van der Waals surface area (Å²) in [6.07, 6.45) is -4.65. The van der Waals surface area contributed by atoms with E-state index < -0.39 is 73.3 Å². The number of carbonyl (C=O) groups excluding carboxylic acids is 3. The first kappa shape index (κ1) is 43.5. The Morgan fingerprint density at radius 3 is 2.18 bits per heavy atom. The summed E-state index contributed by atoms with van der Waals surface area (Å²) in [6, 6.07) is 32.2. The third kappa shape index (κ3) is 9.97. The maximum atomic E-state index is 13.9. The zero-order chi connectivity index (χ0) is 42.9. The van der Waals surface area contributed by atoms with Gasteiger partial charge in [-0.05, 0) is 41.5 Å². The molecular formula is C46H48N2O13. The first-order chi connectivity index (χ1) is 29.6. The maximum absolute atomic E-state index is 13.9. The van der Waals surface area contributed by atoms with Gasteiger partial charge in [0, 0.05) is 41.8 Å². The van der Waals surface area contributed by atoms with E-state index in [-0.39, 0.29) is 44.2 Å². The number of fused-ring (bicyclic) bond motifs is 1. The molecule has 2 heterocycles. The largest absolute Gasteiger partial charge is 0.456 e. The fraction of sp³-hybridized carbons (Fsp3) is 0.326. The number of ether oxygens (including phenoxy) is 5. The van der Waals surface area contributed by atoms with Gasteiger partial charge in [-0.2, -0.15) is 0 Å². The van der Waals surface area contributed by atoms with Crippen LogP contribution in [-0.4, -0.2) is 119 Å². The van der Waals surface area contributed by atoms with Gasteiger partial charge in [0.25, 0.3) is 5.91 Å². The summed E-state index contributed by atoms with van der Waals surface area (Å²) in [7, 11) is 0. The molecule has 0 bridgehead atoms. The van der Waals surface area contributed by atoms with Crippen LogP contribution in [0.3, 0.4) is 0 Å². The lowest BCUT2D eigenvalue weighted by molar-refractivity contribution is -0.298. The Hall–Kier alpha value is -5.59. The molecule has 0 saturated carbocycles. The second-order valence-electron chi connectivity index (χ2n) is 14.8. The van der Waals surface area contributed by atoms with E-state index in [0.29, 0.717) is 33.4 Å². The average molecular weight is 837 g/mol. The highest BCUT2D eigenvalue weighted by Crippen LogP contribution is 2.47. The highest BCUT2D eigenvalue weighted by atomic mass is 16.8. The molecule has 2 aliphatic heterocycles. The minimum Gasteiger partial charge on any atom is -0.456 e. The monoisotopic (exact) mass is 836 g/mol. The minimum absolute atomic E-state index is 0.000247. The predicted octanol–water partition coefficient (Wildman–Crippen LogP) is 2.10. The Morgan fingerprint density at radius 1 is 0.770 bits per heavy atom. The lowest BCUT2D eigenvalue weighted by atomic mass is 9.91. The van der Waals surface area contributed by atoms with Crippen LogP contribution in [0.15, 0.2) is 127 Å². The predicted molar refractivity (Wildman–Crippen MR) is 218 cm³/mol. The molecule has 0 unspecified atom stereocenters. The van der Waals surface area contributed by atoms with Crippen molar-refractivity contribution >= 4 is 23.9 Å². The number of aliphatic hydroxyl groups excluding tert-OH is 5. The van der Waals surface area contributed by atoms with Gasteiger partial charge >= 0.3 is 5.97 Å². The molecule has 2 amide bonds. The van der Waals surface area contributed by atoms with Gasteiger partial charge in [-0.25, -0.2) is 4.79 Å². The summed E-state index contributed by atoms with van der Waals surface area (Å²) in [5.74, 6) is -2.85. The van der Waals surface area contributed by atoms with Crippen molar-refractivity contribution in [2.75, 3.05) is 26.4 Å². The molecule has 15 nitrogen and oxygen atoms in total. The third-order valence-corrected chi connectivity index (χ3v) is 10.6. The summed E-state index contributed by atoms with van der Waals surface area (Å²) in [5.41, 5.74) is 3.60. The Morgan fingerprint density at radius 2 is 1.48 bits per heavy atom. The van der Waals surface area contributed by atoms with Crippen LogP contribution in [0.5, 0.6) is 0 Å². The molecule has 15 heteroatoms. The molecule has 8 atom stereocenters. The number of hydrogen-bond acceptors (Lipinski definition) is 13. The van der Waals surface area contributed by atoms with E-state index in [1.807, 2.05) is 60.7 Å². The second kappa shape index (κ2) is 19.9. The van der Waals surface area contributed by atoms with Crippen molar-refractivity contribution in [2.45, 2.75) is 67.8 Å². The number of aliphatic hydroxyl groups is 5. The number of rotatable bonds is 15. The van der Waals surface area contributed by atoms with Crippen molar-refractivity contribution < 1.29 is 63.6 Å². The van der Waals surface area contributed by atoms with Gasteiger partial charge in [0.15, 0.2) is 6.29 Å². The molecule has 0 spiro atoms. The molecule has 0 radical (unpaired) electrons. The van der Waals surface area contributed by atoms with E-state index in [1.54, 1.807) is 66.8 Å². The van der Waals surface area contributed by atoms with E-state index in [2.05, 4.69) is 10.6 Å². The van der Waals surface area contributed by atoms with Crippen LogP contribution >= 0.6 is 0 Å². The summed E-state index contributed by atoms with van der Waals surface area (Å²) < 4.78 is 30.8. The van der Waals surface area contributed by atoms with E-state index in [0.717, 1.165) is 0 Å². The Balaban J connectivity index is 1.09. The summed E-state index contributed by atoms with van der Waals surface area (Å²) in [5, 5.41) is 54.4. The number of amides is 2. The number of benzene rings is 4. The topological polar surface area (TPSA) is 223 Å². The zero-order valence-corrected chi connectivity index (χ0v) is 33.0. The molecule has 4 aromatic carbocycles. The van der Waals surface area contributed by atoms with Crippen LogP contribution in [0.2, 0.25) is 0 Å². The fourth-order valence-corrected chi connectivity index (χ4v) is 7.50. The first-order valence-electron chi connectivity index (χ1n) is 19.9. The quantitative estimate of drug-likeness (QED) is 0.0854. The van der Waals surface area contributed by atoms with Crippen molar-refractivity contribution in [1.82, 2.24) is 10.6 Å². The Kier molecular flexibility index (Phi) is 14.2. The van der Waals surface area contributed by atoms with E-state index in [1.165, 1.54) is 0 Å². The molecule has 320 valence electrons. The molecular weight excluding hydrogens is 789 g/mol. The molecule has 3 aliphatic rings. The first-order valence-corrected chi connectivity index (χ1v) is 19.9. The van der Waals surface area contributed by atoms with Gasteiger partial charge in [0.1, 0.15) is 42.7 Å². The van der Waals surface area contributed by atoms with Crippen LogP contribution in [0.4, 0.5) is 0 Å². The van der Waals surface area contributed by atoms with Crippen molar-refractivity contribution in [3.63, 3.8) is 0 Å². The van der Waals surface area contributed by atoms with Crippen LogP contribution in [0.1, 0.15) is 49.4 Å². The van der Waals surface area contributed by atoms with Crippen molar-refractivity contribution in [2.24, 2.45) is 0 Å². The van der Waals surface area contributed by atoms with Crippen molar-refractivity contribution in [3.8, 4) is 0 Å². The highest BCUT2D eigenvalue weighted by Gasteiger charge is 2.55. The standard InChI is InChI=1S/C46H48N2O13/c49-20-19-47-42(54)30-13-8-11-29(23-30)26-48-43(55)32-24-35(41-36(25-32)60-46(61-41,33-15-3-1-4-16-33)34-17-5-2-6-18-34)58-44(56)31-14-7-10-28(22-31)12-9-21-57-45-40(53)39(52)38(51)37(27-50)59-45/h1-18,22-23,25,35-41,45,49-53H,19-21,24,26-27H2,(H,47,54)(H,48,55)/t35-,36-,37-,38+,39+,40-,41+,45+/m1/s1. The zero-order valence-electron chi connectivity index (χ0n) is 33.0.